The molecule has 0 aliphatic heterocycles. The first-order valence-corrected chi connectivity index (χ1v) is 8.96. The summed E-state index contributed by atoms with van der Waals surface area (Å²) >= 11 is 0.840. The molecule has 2 rings (SSSR count). The van der Waals surface area contributed by atoms with Gasteiger partial charge in [0.05, 0.1) is 17.9 Å². The number of esters is 1. The van der Waals surface area contributed by atoms with Gasteiger partial charge in [0.25, 0.3) is 0 Å². The van der Waals surface area contributed by atoms with Crippen LogP contribution in [-0.2, 0) is 14.9 Å². The van der Waals surface area contributed by atoms with Crippen molar-refractivity contribution >= 4 is 27.6 Å². The Kier molecular flexibility index (Phi) is 5.53. The minimum atomic E-state index is -5.90. The highest BCUT2D eigenvalue weighted by Gasteiger charge is 2.48. The fraction of sp³-hybridized carbons (Fsp3) is 0.214. The topological polar surface area (TPSA) is 106 Å². The highest BCUT2D eigenvalue weighted by Crippen LogP contribution is 2.31. The number of alkyl halides is 3. The predicted molar refractivity (Wildman–Crippen MR) is 83.8 cm³/mol. The quantitative estimate of drug-likeness (QED) is 0.427. The third-order valence-electron chi connectivity index (χ3n) is 2.87. The molecule has 1 aromatic carbocycles. The summed E-state index contributed by atoms with van der Waals surface area (Å²) in [6.45, 7) is 1.80. The van der Waals surface area contributed by atoms with Gasteiger partial charge in [-0.05, 0) is 42.7 Å². The lowest BCUT2D eigenvalue weighted by Gasteiger charge is -2.10. The molecule has 0 aliphatic rings. The second-order valence-electron chi connectivity index (χ2n) is 4.60. The van der Waals surface area contributed by atoms with Gasteiger partial charge >= 0.3 is 21.6 Å². The summed E-state index contributed by atoms with van der Waals surface area (Å²) in [5.74, 6) is -1.36. The van der Waals surface area contributed by atoms with Crippen molar-refractivity contribution in [1.29, 1.82) is 5.26 Å². The summed E-state index contributed by atoms with van der Waals surface area (Å²) in [6.07, 6.45) is 0. The van der Waals surface area contributed by atoms with Gasteiger partial charge in [-0.1, -0.05) is 0 Å². The van der Waals surface area contributed by atoms with Crippen LogP contribution in [0.1, 0.15) is 22.2 Å². The fourth-order valence-corrected chi connectivity index (χ4v) is 2.85. The predicted octanol–water partition coefficient (Wildman–Crippen LogP) is 3.09. The number of nitrogens with zero attached hydrogens (tertiary/aromatic N) is 2. The Bertz CT molecular complexity index is 977. The van der Waals surface area contributed by atoms with Crippen LogP contribution in [0.2, 0.25) is 0 Å². The van der Waals surface area contributed by atoms with E-state index >= 15 is 0 Å². The van der Waals surface area contributed by atoms with E-state index in [0.717, 1.165) is 23.7 Å². The van der Waals surface area contributed by atoms with Gasteiger partial charge < -0.3 is 8.92 Å². The smallest absolute Gasteiger partial charge is 0.462 e. The zero-order valence-corrected chi connectivity index (χ0v) is 14.5. The summed E-state index contributed by atoms with van der Waals surface area (Å²) in [5, 5.41) is 9.05. The van der Waals surface area contributed by atoms with E-state index in [1.54, 1.807) is 13.0 Å². The number of nitriles is 1. The Morgan fingerprint density at radius 1 is 1.35 bits per heavy atom. The maximum Gasteiger partial charge on any atom is 0.534 e. The molecular formula is C14H9F3N2O5S2. The van der Waals surface area contributed by atoms with Crippen molar-refractivity contribution in [3.63, 3.8) is 0 Å². The molecule has 26 heavy (non-hydrogen) atoms. The lowest BCUT2D eigenvalue weighted by atomic mass is 10.1. The van der Waals surface area contributed by atoms with Gasteiger partial charge in [-0.25, -0.2) is 4.79 Å². The number of hydrogen-bond donors (Lipinski definition) is 0. The number of halogens is 3. The van der Waals surface area contributed by atoms with Crippen molar-refractivity contribution in [2.45, 2.75) is 12.4 Å². The molecule has 0 aliphatic carbocycles. The number of carbonyl (C=O) groups is 1. The summed E-state index contributed by atoms with van der Waals surface area (Å²) in [4.78, 5) is 11.8. The SMILES string of the molecule is CCOC(=O)c1cc(-c2ccc(OS(=O)(=O)C(F)(F)F)c(C#N)c2)ns1. The maximum atomic E-state index is 12.4. The zero-order valence-electron chi connectivity index (χ0n) is 12.9. The van der Waals surface area contributed by atoms with Crippen LogP contribution in [0.3, 0.4) is 0 Å². The van der Waals surface area contributed by atoms with E-state index in [1.165, 1.54) is 12.1 Å². The molecule has 0 fully saturated rings. The molecule has 0 atom stereocenters. The molecule has 0 spiro atoms. The minimum Gasteiger partial charge on any atom is -0.462 e. The van der Waals surface area contributed by atoms with Crippen molar-refractivity contribution in [2.24, 2.45) is 0 Å². The molecule has 0 amide bonds. The Morgan fingerprint density at radius 3 is 2.62 bits per heavy atom. The van der Waals surface area contributed by atoms with Crippen molar-refractivity contribution in [3.05, 3.63) is 34.7 Å². The molecule has 0 saturated heterocycles. The maximum absolute atomic E-state index is 12.4. The number of hydrogen-bond acceptors (Lipinski definition) is 8. The number of aromatic nitrogens is 1. The average molecular weight is 406 g/mol. The highest BCUT2D eigenvalue weighted by molar-refractivity contribution is 7.88. The van der Waals surface area contributed by atoms with Crippen molar-refractivity contribution in [2.75, 3.05) is 6.61 Å². The summed E-state index contributed by atoms with van der Waals surface area (Å²) in [5.41, 5.74) is -5.52. The van der Waals surface area contributed by atoms with Crippen LogP contribution in [0, 0.1) is 11.3 Å². The lowest BCUT2D eigenvalue weighted by molar-refractivity contribution is -0.0500. The van der Waals surface area contributed by atoms with Crippen molar-refractivity contribution < 1.29 is 35.3 Å². The number of benzene rings is 1. The van der Waals surface area contributed by atoms with Gasteiger partial charge in [0.1, 0.15) is 10.9 Å². The second-order valence-corrected chi connectivity index (χ2v) is 6.95. The first kappa shape index (κ1) is 19.7. The second kappa shape index (κ2) is 7.30. The summed E-state index contributed by atoms with van der Waals surface area (Å²) in [7, 11) is -5.90. The van der Waals surface area contributed by atoms with Gasteiger partial charge in [0, 0.05) is 5.56 Å². The molecule has 7 nitrogen and oxygen atoms in total. The molecular weight excluding hydrogens is 397 g/mol. The van der Waals surface area contributed by atoms with E-state index in [4.69, 9.17) is 10.00 Å². The van der Waals surface area contributed by atoms with Crippen molar-refractivity contribution in [3.8, 4) is 23.1 Å². The molecule has 0 radical (unpaired) electrons. The fourth-order valence-electron chi connectivity index (χ4n) is 1.72. The van der Waals surface area contributed by atoms with Crippen LogP contribution in [0.15, 0.2) is 24.3 Å². The van der Waals surface area contributed by atoms with Crippen LogP contribution in [0.25, 0.3) is 11.3 Å². The standard InChI is InChI=1S/C14H9F3N2O5S2/c1-2-23-13(20)12-6-10(19-25-12)8-3-4-11(9(5-8)7-18)24-26(21,22)14(15,16)17/h3-6H,2H2,1H3. The van der Waals surface area contributed by atoms with E-state index in [2.05, 4.69) is 8.56 Å². The van der Waals surface area contributed by atoms with Gasteiger partial charge in [-0.15, -0.1) is 0 Å². The number of rotatable bonds is 5. The third-order valence-corrected chi connectivity index (χ3v) is 4.60. The molecule has 12 heteroatoms. The van der Waals surface area contributed by atoms with E-state index < -0.39 is 32.9 Å². The lowest BCUT2D eigenvalue weighted by Crippen LogP contribution is -2.28. The zero-order chi connectivity index (χ0) is 19.5. The average Bonchev–Trinajstić information content (AvgIpc) is 3.04. The van der Waals surface area contributed by atoms with E-state index in [9.17, 15) is 26.4 Å². The molecule has 2 aromatic rings. The van der Waals surface area contributed by atoms with Crippen LogP contribution in [-0.4, -0.2) is 30.9 Å². The van der Waals surface area contributed by atoms with Crippen molar-refractivity contribution in [1.82, 2.24) is 4.37 Å². The molecule has 1 aromatic heterocycles. The Morgan fingerprint density at radius 2 is 2.04 bits per heavy atom. The van der Waals surface area contributed by atoms with Crippen LogP contribution in [0.5, 0.6) is 5.75 Å². The van der Waals surface area contributed by atoms with Crippen LogP contribution in [0.4, 0.5) is 13.2 Å². The Labute approximate surface area is 149 Å². The summed E-state index contributed by atoms with van der Waals surface area (Å²) < 4.78 is 72.1. The number of carbonyl (C=O) groups excluding carboxylic acids is 1. The highest BCUT2D eigenvalue weighted by atomic mass is 32.2. The Hall–Kier alpha value is -2.65. The van der Waals surface area contributed by atoms with Gasteiger partial charge in [0.15, 0.2) is 5.75 Å². The largest absolute Gasteiger partial charge is 0.534 e. The number of ether oxygens (including phenoxy) is 1. The van der Waals surface area contributed by atoms with Crippen LogP contribution >= 0.6 is 11.5 Å². The molecule has 0 N–H and O–H groups in total. The normalized spacial score (nSPS) is 11.7. The molecule has 0 saturated carbocycles. The molecule has 0 bridgehead atoms. The third kappa shape index (κ3) is 4.12. The molecule has 0 unspecified atom stereocenters. The first-order valence-electron chi connectivity index (χ1n) is 6.78. The molecule has 138 valence electrons. The van der Waals surface area contributed by atoms with Gasteiger partial charge in [-0.3, -0.25) is 0 Å². The van der Waals surface area contributed by atoms with E-state index in [0.29, 0.717) is 0 Å². The van der Waals surface area contributed by atoms with E-state index in [-0.39, 0.29) is 22.7 Å². The summed E-state index contributed by atoms with van der Waals surface area (Å²) in [6, 6.07) is 6.16. The van der Waals surface area contributed by atoms with E-state index in [1.807, 2.05) is 0 Å². The van der Waals surface area contributed by atoms with Gasteiger partial charge in [0.2, 0.25) is 0 Å². The molecule has 1 heterocycles. The first-order chi connectivity index (χ1) is 12.1. The monoisotopic (exact) mass is 406 g/mol. The Balaban J connectivity index is 2.35. The minimum absolute atomic E-state index is 0.171. The van der Waals surface area contributed by atoms with Crippen LogP contribution < -0.4 is 4.18 Å². The van der Waals surface area contributed by atoms with Gasteiger partial charge in [-0.2, -0.15) is 31.2 Å².